The van der Waals surface area contributed by atoms with E-state index in [1.54, 1.807) is 38.3 Å². The molecule has 0 spiro atoms. The van der Waals surface area contributed by atoms with Crippen LogP contribution in [0.3, 0.4) is 0 Å². The van der Waals surface area contributed by atoms with Gasteiger partial charge in [0, 0.05) is 11.4 Å². The number of nitrogen functional groups attached to an aromatic ring is 1. The lowest BCUT2D eigenvalue weighted by Crippen LogP contribution is -2.14. The van der Waals surface area contributed by atoms with Crippen LogP contribution < -0.4 is 15.8 Å². The summed E-state index contributed by atoms with van der Waals surface area (Å²) >= 11 is 0. The van der Waals surface area contributed by atoms with Crippen LogP contribution in [0.1, 0.15) is 41.5 Å². The second kappa shape index (κ2) is 7.61. The number of anilines is 2. The molecule has 0 bridgehead atoms. The summed E-state index contributed by atoms with van der Waals surface area (Å²) in [7, 11) is 1.54. The van der Waals surface area contributed by atoms with Gasteiger partial charge < -0.3 is 20.3 Å². The molecule has 138 valence electrons. The Morgan fingerprint density at radius 3 is 2.65 bits per heavy atom. The predicted octanol–water partition coefficient (Wildman–Crippen LogP) is 3.92. The molecule has 0 aliphatic rings. The normalized spacial score (nSPS) is 10.7. The fraction of sp³-hybridized carbons (Fsp3) is 0.278. The number of amides is 1. The van der Waals surface area contributed by atoms with E-state index in [1.165, 1.54) is 0 Å². The van der Waals surface area contributed by atoms with Crippen LogP contribution in [0, 0.1) is 6.92 Å². The van der Waals surface area contributed by atoms with Gasteiger partial charge in [0.15, 0.2) is 0 Å². The highest BCUT2D eigenvalue weighted by Gasteiger charge is 2.20. The molecule has 1 aromatic carbocycles. The van der Waals surface area contributed by atoms with Crippen molar-refractivity contribution in [3.63, 3.8) is 0 Å². The summed E-state index contributed by atoms with van der Waals surface area (Å²) in [6.45, 7) is 5.79. The molecule has 7 nitrogen and oxygen atoms in total. The average molecular weight is 377 g/mol. The first-order valence-corrected chi connectivity index (χ1v) is 7.92. The lowest BCUT2D eigenvalue weighted by atomic mass is 10.0. The van der Waals surface area contributed by atoms with Crippen LogP contribution in [0.5, 0.6) is 5.75 Å². The van der Waals surface area contributed by atoms with Crippen LogP contribution >= 0.6 is 12.4 Å². The Morgan fingerprint density at radius 2 is 2.04 bits per heavy atom. The summed E-state index contributed by atoms with van der Waals surface area (Å²) in [5, 5.41) is 7.40. The number of ether oxygens (including phenoxy) is 1. The third kappa shape index (κ3) is 3.57. The first-order chi connectivity index (χ1) is 11.9. The van der Waals surface area contributed by atoms with Crippen molar-refractivity contribution >= 4 is 40.8 Å². The SMILES string of the molecule is COc1ccc(NC(=O)c2cc(C(C)C)nc3onc(C)c23)cc1N.Cl. The number of methoxy groups -OCH3 is 1. The van der Waals surface area contributed by atoms with E-state index in [4.69, 9.17) is 15.0 Å². The number of rotatable bonds is 4. The Bertz CT molecular complexity index is 953. The smallest absolute Gasteiger partial charge is 0.259 e. The van der Waals surface area contributed by atoms with Gasteiger partial charge >= 0.3 is 0 Å². The lowest BCUT2D eigenvalue weighted by molar-refractivity contribution is 0.102. The van der Waals surface area contributed by atoms with E-state index < -0.39 is 0 Å². The van der Waals surface area contributed by atoms with Gasteiger partial charge in [-0.25, -0.2) is 4.98 Å². The molecule has 1 amide bonds. The Morgan fingerprint density at radius 1 is 1.31 bits per heavy atom. The molecule has 3 N–H and O–H groups in total. The molecule has 0 unspecified atom stereocenters. The van der Waals surface area contributed by atoms with Crippen molar-refractivity contribution in [1.29, 1.82) is 0 Å². The second-order valence-corrected chi connectivity index (χ2v) is 6.11. The van der Waals surface area contributed by atoms with Crippen molar-refractivity contribution in [3.05, 3.63) is 41.2 Å². The summed E-state index contributed by atoms with van der Waals surface area (Å²) < 4.78 is 10.4. The highest BCUT2D eigenvalue weighted by atomic mass is 35.5. The molecule has 3 rings (SSSR count). The van der Waals surface area contributed by atoms with Crippen LogP contribution in [0.15, 0.2) is 28.8 Å². The van der Waals surface area contributed by atoms with Gasteiger partial charge in [-0.2, -0.15) is 0 Å². The summed E-state index contributed by atoms with van der Waals surface area (Å²) in [5.41, 5.74) is 9.15. The maximum absolute atomic E-state index is 12.8. The number of benzene rings is 1. The third-order valence-corrected chi connectivity index (χ3v) is 3.96. The monoisotopic (exact) mass is 376 g/mol. The number of nitrogens with two attached hydrogens (primary N) is 1. The Hall–Kier alpha value is -2.80. The summed E-state index contributed by atoms with van der Waals surface area (Å²) in [6, 6.07) is 6.87. The molecule has 2 heterocycles. The van der Waals surface area contributed by atoms with E-state index in [1.807, 2.05) is 13.8 Å². The zero-order valence-electron chi connectivity index (χ0n) is 15.0. The number of fused-ring (bicyclic) bond motifs is 1. The number of carbonyl (C=O) groups is 1. The van der Waals surface area contributed by atoms with Crippen LogP contribution in [-0.2, 0) is 0 Å². The lowest BCUT2D eigenvalue weighted by Gasteiger charge is -2.11. The number of hydrogen-bond acceptors (Lipinski definition) is 6. The van der Waals surface area contributed by atoms with Crippen molar-refractivity contribution in [1.82, 2.24) is 10.1 Å². The van der Waals surface area contributed by atoms with E-state index in [0.29, 0.717) is 39.5 Å². The molecule has 0 fully saturated rings. The number of hydrogen-bond donors (Lipinski definition) is 2. The van der Waals surface area contributed by atoms with Crippen molar-refractivity contribution in [2.75, 3.05) is 18.2 Å². The minimum atomic E-state index is -0.273. The molecule has 0 radical (unpaired) electrons. The number of nitrogens with zero attached hydrogens (tertiary/aromatic N) is 2. The molecule has 3 aromatic rings. The van der Waals surface area contributed by atoms with Crippen LogP contribution in [0.2, 0.25) is 0 Å². The van der Waals surface area contributed by atoms with Crippen molar-refractivity contribution < 1.29 is 14.1 Å². The van der Waals surface area contributed by atoms with E-state index in [0.717, 1.165) is 5.69 Å². The maximum atomic E-state index is 12.8. The van der Waals surface area contributed by atoms with Gasteiger partial charge in [-0.3, -0.25) is 4.79 Å². The van der Waals surface area contributed by atoms with Gasteiger partial charge in [0.1, 0.15) is 5.75 Å². The molecule has 8 heteroatoms. The van der Waals surface area contributed by atoms with Crippen LogP contribution in [0.25, 0.3) is 11.1 Å². The molecule has 2 aromatic heterocycles. The summed E-state index contributed by atoms with van der Waals surface area (Å²) in [6.07, 6.45) is 0. The van der Waals surface area contributed by atoms with Crippen molar-refractivity contribution in [2.24, 2.45) is 0 Å². The highest BCUT2D eigenvalue weighted by molar-refractivity contribution is 6.12. The minimum Gasteiger partial charge on any atom is -0.495 e. The standard InChI is InChI=1S/C18H20N4O3.ClH/c1-9(2)14-8-12(16-10(3)22-25-18(16)21-14)17(23)20-11-5-6-15(24-4)13(19)7-11;/h5-9H,19H2,1-4H3,(H,20,23);1H. The number of carbonyl (C=O) groups excluding carboxylic acids is 1. The third-order valence-electron chi connectivity index (χ3n) is 3.96. The highest BCUT2D eigenvalue weighted by Crippen LogP contribution is 2.28. The van der Waals surface area contributed by atoms with Gasteiger partial charge in [0.25, 0.3) is 11.6 Å². The predicted molar refractivity (Wildman–Crippen MR) is 103 cm³/mol. The first kappa shape index (κ1) is 19.5. The molecule has 0 aliphatic carbocycles. The number of aromatic nitrogens is 2. The van der Waals surface area contributed by atoms with E-state index in [-0.39, 0.29) is 24.2 Å². The molecule has 0 atom stereocenters. The van der Waals surface area contributed by atoms with Gasteiger partial charge in [-0.15, -0.1) is 12.4 Å². The van der Waals surface area contributed by atoms with E-state index in [2.05, 4.69) is 15.5 Å². The average Bonchev–Trinajstić information content (AvgIpc) is 2.95. The van der Waals surface area contributed by atoms with E-state index in [9.17, 15) is 4.79 Å². The first-order valence-electron chi connectivity index (χ1n) is 7.92. The van der Waals surface area contributed by atoms with Gasteiger partial charge in [-0.05, 0) is 37.1 Å². The quantitative estimate of drug-likeness (QED) is 0.669. The van der Waals surface area contributed by atoms with E-state index >= 15 is 0 Å². The number of pyridine rings is 1. The molecule has 26 heavy (non-hydrogen) atoms. The Labute approximate surface area is 157 Å². The number of nitrogens with one attached hydrogen (secondary N) is 1. The van der Waals surface area contributed by atoms with Gasteiger partial charge in [0.05, 0.1) is 29.4 Å². The second-order valence-electron chi connectivity index (χ2n) is 6.11. The molecule has 0 saturated heterocycles. The minimum absolute atomic E-state index is 0. The Kier molecular flexibility index (Phi) is 5.72. The molecule has 0 aliphatic heterocycles. The maximum Gasteiger partial charge on any atom is 0.259 e. The summed E-state index contributed by atoms with van der Waals surface area (Å²) in [5.74, 6) is 0.435. The van der Waals surface area contributed by atoms with Crippen LogP contribution in [0.4, 0.5) is 11.4 Å². The van der Waals surface area contributed by atoms with Crippen LogP contribution in [-0.4, -0.2) is 23.2 Å². The van der Waals surface area contributed by atoms with Crippen molar-refractivity contribution in [3.8, 4) is 5.75 Å². The zero-order valence-corrected chi connectivity index (χ0v) is 15.8. The van der Waals surface area contributed by atoms with Gasteiger partial charge in [0.2, 0.25) is 0 Å². The zero-order chi connectivity index (χ0) is 18.1. The summed E-state index contributed by atoms with van der Waals surface area (Å²) in [4.78, 5) is 17.3. The largest absolute Gasteiger partial charge is 0.495 e. The number of halogens is 1. The number of aryl methyl sites for hydroxylation is 1. The molecular formula is C18H21ClN4O3. The van der Waals surface area contributed by atoms with Gasteiger partial charge in [-0.1, -0.05) is 19.0 Å². The van der Waals surface area contributed by atoms with Crippen molar-refractivity contribution in [2.45, 2.75) is 26.7 Å². The molecular weight excluding hydrogens is 356 g/mol. The fourth-order valence-corrected chi connectivity index (χ4v) is 2.60. The topological polar surface area (TPSA) is 103 Å². The molecule has 0 saturated carbocycles. The fourth-order valence-electron chi connectivity index (χ4n) is 2.60. The Balaban J connectivity index is 0.00000243.